The molecule has 0 aliphatic carbocycles. The summed E-state index contributed by atoms with van der Waals surface area (Å²) in [5.41, 5.74) is 2.06. The van der Waals surface area contributed by atoms with E-state index in [1.54, 1.807) is 0 Å². The van der Waals surface area contributed by atoms with Gasteiger partial charge in [0.2, 0.25) is 5.91 Å². The number of nitrogens with zero attached hydrogens (tertiary/aromatic N) is 2. The van der Waals surface area contributed by atoms with Crippen LogP contribution in [0.15, 0.2) is 60.8 Å². The Balaban J connectivity index is 2.16. The number of hydrogen-bond acceptors (Lipinski definition) is 2. The molecule has 1 atom stereocenters. The summed E-state index contributed by atoms with van der Waals surface area (Å²) in [6.45, 7) is 7.20. The number of para-hydroxylation sites is 1. The number of hydrogen-bond donors (Lipinski definition) is 1. The van der Waals surface area contributed by atoms with Crippen molar-refractivity contribution in [1.82, 2.24) is 14.8 Å². The lowest BCUT2D eigenvalue weighted by Crippen LogP contribution is -2.56. The Morgan fingerprint density at radius 2 is 1.60 bits per heavy atom. The van der Waals surface area contributed by atoms with Gasteiger partial charge in [-0.15, -0.1) is 0 Å². The summed E-state index contributed by atoms with van der Waals surface area (Å²) in [5, 5.41) is 4.19. The standard InChI is InChI=1S/C30H41N3O2/c1-5-7-9-15-20-30(31-24(3)34,29(35)32(4)21-8-6-2)27-23-33(22-25-16-11-10-12-17-25)28-19-14-13-18-26(27)28/h10-14,16-19,23H,5-9,15,20-22H2,1-4H3,(H,31,34). The molecule has 35 heavy (non-hydrogen) atoms. The zero-order chi connectivity index (χ0) is 25.3. The molecule has 188 valence electrons. The lowest BCUT2D eigenvalue weighted by atomic mass is 9.82. The van der Waals surface area contributed by atoms with E-state index in [4.69, 9.17) is 0 Å². The van der Waals surface area contributed by atoms with E-state index in [0.717, 1.165) is 55.0 Å². The largest absolute Gasteiger partial charge is 0.343 e. The molecule has 0 radical (unpaired) electrons. The highest BCUT2D eigenvalue weighted by molar-refractivity contribution is 5.97. The normalized spacial score (nSPS) is 12.9. The maximum absolute atomic E-state index is 14.2. The van der Waals surface area contributed by atoms with Gasteiger partial charge in [0.1, 0.15) is 5.54 Å². The number of fused-ring (bicyclic) bond motifs is 1. The van der Waals surface area contributed by atoms with Crippen LogP contribution in [0.3, 0.4) is 0 Å². The number of aromatic nitrogens is 1. The van der Waals surface area contributed by atoms with Crippen molar-refractivity contribution in [3.05, 3.63) is 71.9 Å². The topological polar surface area (TPSA) is 54.3 Å². The minimum Gasteiger partial charge on any atom is -0.343 e. The van der Waals surface area contributed by atoms with Gasteiger partial charge in [-0.05, 0) is 24.5 Å². The Hall–Kier alpha value is -3.08. The Bertz CT molecular complexity index is 1110. The number of carbonyl (C=O) groups excluding carboxylic acids is 2. The van der Waals surface area contributed by atoms with Crippen LogP contribution < -0.4 is 5.32 Å². The van der Waals surface area contributed by atoms with Crippen LogP contribution in [0.5, 0.6) is 0 Å². The molecule has 3 rings (SSSR count). The van der Waals surface area contributed by atoms with Crippen molar-refractivity contribution in [2.24, 2.45) is 0 Å². The predicted octanol–water partition coefficient (Wildman–Crippen LogP) is 6.25. The molecule has 1 N–H and O–H groups in total. The van der Waals surface area contributed by atoms with Gasteiger partial charge in [0, 0.05) is 49.7 Å². The van der Waals surface area contributed by atoms with E-state index in [-0.39, 0.29) is 11.8 Å². The third-order valence-electron chi connectivity index (χ3n) is 6.80. The van der Waals surface area contributed by atoms with E-state index in [0.29, 0.717) is 19.5 Å². The van der Waals surface area contributed by atoms with E-state index in [9.17, 15) is 9.59 Å². The molecule has 1 unspecified atom stereocenters. The minimum absolute atomic E-state index is 0.0275. The molecule has 5 nitrogen and oxygen atoms in total. The molecule has 0 bridgehead atoms. The quantitative estimate of drug-likeness (QED) is 0.297. The van der Waals surface area contributed by atoms with Crippen molar-refractivity contribution in [1.29, 1.82) is 0 Å². The van der Waals surface area contributed by atoms with Crippen molar-refractivity contribution in [3.8, 4) is 0 Å². The Morgan fingerprint density at radius 3 is 2.29 bits per heavy atom. The van der Waals surface area contributed by atoms with Crippen LogP contribution in [0, 0.1) is 0 Å². The summed E-state index contributed by atoms with van der Waals surface area (Å²) in [4.78, 5) is 28.6. The van der Waals surface area contributed by atoms with Crippen LogP contribution in [0.4, 0.5) is 0 Å². The highest BCUT2D eigenvalue weighted by Crippen LogP contribution is 2.37. The number of amides is 2. The van der Waals surface area contributed by atoms with Crippen LogP contribution in [0.25, 0.3) is 10.9 Å². The second kappa shape index (κ2) is 12.6. The molecule has 2 amide bonds. The van der Waals surface area contributed by atoms with Gasteiger partial charge < -0.3 is 14.8 Å². The number of benzene rings is 2. The summed E-state index contributed by atoms with van der Waals surface area (Å²) in [6, 6.07) is 18.6. The summed E-state index contributed by atoms with van der Waals surface area (Å²) in [7, 11) is 1.86. The van der Waals surface area contributed by atoms with Crippen molar-refractivity contribution in [2.75, 3.05) is 13.6 Å². The van der Waals surface area contributed by atoms with Crippen molar-refractivity contribution >= 4 is 22.7 Å². The van der Waals surface area contributed by atoms with Crippen LogP contribution in [0.1, 0.15) is 76.8 Å². The molecule has 2 aromatic carbocycles. The summed E-state index contributed by atoms with van der Waals surface area (Å²) < 4.78 is 2.21. The van der Waals surface area contributed by atoms with Crippen LogP contribution in [-0.2, 0) is 21.7 Å². The molecule has 1 aromatic heterocycles. The zero-order valence-corrected chi connectivity index (χ0v) is 21.8. The number of likely N-dealkylation sites (N-methyl/N-ethyl adjacent to an activating group) is 1. The molecule has 0 aliphatic heterocycles. The van der Waals surface area contributed by atoms with Gasteiger partial charge in [-0.25, -0.2) is 0 Å². The number of rotatable bonds is 13. The molecule has 0 saturated heterocycles. The average Bonchev–Trinajstić information content (AvgIpc) is 3.23. The fourth-order valence-corrected chi connectivity index (χ4v) is 4.98. The van der Waals surface area contributed by atoms with E-state index < -0.39 is 5.54 Å². The van der Waals surface area contributed by atoms with E-state index in [1.165, 1.54) is 12.5 Å². The first-order chi connectivity index (χ1) is 16.9. The average molecular weight is 476 g/mol. The lowest BCUT2D eigenvalue weighted by molar-refractivity contribution is -0.141. The maximum Gasteiger partial charge on any atom is 0.252 e. The number of unbranched alkanes of at least 4 members (excludes halogenated alkanes) is 4. The van der Waals surface area contributed by atoms with Crippen molar-refractivity contribution < 1.29 is 9.59 Å². The van der Waals surface area contributed by atoms with Crippen LogP contribution >= 0.6 is 0 Å². The van der Waals surface area contributed by atoms with Gasteiger partial charge in [0.05, 0.1) is 0 Å². The third-order valence-corrected chi connectivity index (χ3v) is 6.80. The molecule has 3 aromatic rings. The monoisotopic (exact) mass is 475 g/mol. The van der Waals surface area contributed by atoms with Gasteiger partial charge in [0.25, 0.3) is 5.91 Å². The number of nitrogens with one attached hydrogen (secondary N) is 1. The lowest BCUT2D eigenvalue weighted by Gasteiger charge is -2.37. The van der Waals surface area contributed by atoms with Crippen molar-refractivity contribution in [2.45, 2.75) is 77.8 Å². The smallest absolute Gasteiger partial charge is 0.252 e. The predicted molar refractivity (Wildman–Crippen MR) is 144 cm³/mol. The Morgan fingerprint density at radius 1 is 0.914 bits per heavy atom. The Labute approximate surface area is 210 Å². The molecule has 0 aliphatic rings. The van der Waals surface area contributed by atoms with Gasteiger partial charge >= 0.3 is 0 Å². The van der Waals surface area contributed by atoms with E-state index in [2.05, 4.69) is 54.2 Å². The minimum atomic E-state index is -1.09. The second-order valence-electron chi connectivity index (χ2n) is 9.65. The van der Waals surface area contributed by atoms with Crippen molar-refractivity contribution in [3.63, 3.8) is 0 Å². The fraction of sp³-hybridized carbons (Fsp3) is 0.467. The zero-order valence-electron chi connectivity index (χ0n) is 21.8. The molecule has 0 saturated carbocycles. The summed E-state index contributed by atoms with van der Waals surface area (Å²) in [6.07, 6.45) is 8.77. The van der Waals surface area contributed by atoms with E-state index >= 15 is 0 Å². The molecule has 0 fully saturated rings. The van der Waals surface area contributed by atoms with E-state index in [1.807, 2.05) is 42.3 Å². The van der Waals surface area contributed by atoms with Gasteiger partial charge in [0.15, 0.2) is 0 Å². The second-order valence-corrected chi connectivity index (χ2v) is 9.65. The molecule has 1 heterocycles. The fourth-order valence-electron chi connectivity index (χ4n) is 4.98. The van der Waals surface area contributed by atoms with Crippen LogP contribution in [0.2, 0.25) is 0 Å². The summed E-state index contributed by atoms with van der Waals surface area (Å²) in [5.74, 6) is -0.210. The molecule has 5 heteroatoms. The van der Waals surface area contributed by atoms with Gasteiger partial charge in [-0.3, -0.25) is 9.59 Å². The number of carbonyl (C=O) groups is 2. The first-order valence-corrected chi connectivity index (χ1v) is 13.1. The summed E-state index contributed by atoms with van der Waals surface area (Å²) >= 11 is 0. The highest BCUT2D eigenvalue weighted by atomic mass is 16.2. The first kappa shape index (κ1) is 26.5. The van der Waals surface area contributed by atoms with Gasteiger partial charge in [-0.2, -0.15) is 0 Å². The molecular formula is C30H41N3O2. The molecular weight excluding hydrogens is 434 g/mol. The SMILES string of the molecule is CCCCCCC(NC(C)=O)(C(=O)N(C)CCCC)c1cn(Cc2ccccc2)c2ccccc12. The Kier molecular flexibility index (Phi) is 9.53. The third kappa shape index (κ3) is 6.33. The highest BCUT2D eigenvalue weighted by Gasteiger charge is 2.44. The molecule has 0 spiro atoms. The van der Waals surface area contributed by atoms with Crippen LogP contribution in [-0.4, -0.2) is 34.9 Å². The van der Waals surface area contributed by atoms with Gasteiger partial charge in [-0.1, -0.05) is 94.5 Å². The maximum atomic E-state index is 14.2. The first-order valence-electron chi connectivity index (χ1n) is 13.1.